The van der Waals surface area contributed by atoms with Gasteiger partial charge in [-0.3, -0.25) is 9.48 Å². The lowest BCUT2D eigenvalue weighted by Gasteiger charge is -2.28. The Morgan fingerprint density at radius 1 is 1.09 bits per heavy atom. The first-order valence-electron chi connectivity index (χ1n) is 10.1. The largest absolute Gasteiger partial charge is 0.496 e. The molecule has 0 unspecified atom stereocenters. The Morgan fingerprint density at radius 3 is 2.66 bits per heavy atom. The Labute approximate surface area is 189 Å². The summed E-state index contributed by atoms with van der Waals surface area (Å²) in [4.78, 5) is 15.0. The van der Waals surface area contributed by atoms with Gasteiger partial charge >= 0.3 is 0 Å². The van der Waals surface area contributed by atoms with Crippen LogP contribution in [0.25, 0.3) is 23.0 Å². The average molecular weight is 450 g/mol. The van der Waals surface area contributed by atoms with Crippen molar-refractivity contribution < 1.29 is 13.9 Å². The van der Waals surface area contributed by atoms with E-state index in [0.717, 1.165) is 11.3 Å². The van der Waals surface area contributed by atoms with Gasteiger partial charge in [0.15, 0.2) is 5.69 Å². The molecule has 0 atom stereocenters. The number of para-hydroxylation sites is 1. The number of nitrogens with zero attached hydrogens (tertiary/aromatic N) is 5. The molecule has 3 heterocycles. The number of halogens is 1. The van der Waals surface area contributed by atoms with Gasteiger partial charge in [0.2, 0.25) is 5.89 Å². The Balaban J connectivity index is 1.48. The van der Waals surface area contributed by atoms with Gasteiger partial charge < -0.3 is 14.1 Å². The van der Waals surface area contributed by atoms with Crippen LogP contribution in [0.5, 0.6) is 5.75 Å². The second kappa shape index (κ2) is 8.12. The molecule has 2 aromatic carbocycles. The zero-order valence-corrected chi connectivity index (χ0v) is 18.3. The summed E-state index contributed by atoms with van der Waals surface area (Å²) in [5.41, 5.74) is 3.71. The number of aryl methyl sites for hydroxylation is 1. The van der Waals surface area contributed by atoms with E-state index < -0.39 is 0 Å². The van der Waals surface area contributed by atoms with Crippen LogP contribution >= 0.6 is 11.6 Å². The van der Waals surface area contributed by atoms with E-state index in [1.165, 1.54) is 0 Å². The summed E-state index contributed by atoms with van der Waals surface area (Å²) in [5, 5.41) is 13.5. The second-order valence-corrected chi connectivity index (χ2v) is 7.87. The zero-order chi connectivity index (χ0) is 22.2. The highest BCUT2D eigenvalue weighted by Crippen LogP contribution is 2.33. The molecule has 32 heavy (non-hydrogen) atoms. The molecule has 0 saturated carbocycles. The number of aromatic nitrogens is 4. The van der Waals surface area contributed by atoms with Gasteiger partial charge in [-0.05, 0) is 24.3 Å². The summed E-state index contributed by atoms with van der Waals surface area (Å²) < 4.78 is 13.1. The molecule has 0 spiro atoms. The lowest BCUT2D eigenvalue weighted by Crippen LogP contribution is -2.36. The molecular weight excluding hydrogens is 430 g/mol. The molecule has 5 rings (SSSR count). The number of hydrogen-bond donors (Lipinski definition) is 0. The molecule has 0 aliphatic carbocycles. The molecule has 2 aromatic heterocycles. The number of carbonyl (C=O) groups excluding carboxylic acids is 1. The summed E-state index contributed by atoms with van der Waals surface area (Å²) in [5.74, 6) is 1.08. The Hall–Kier alpha value is -3.65. The van der Waals surface area contributed by atoms with Gasteiger partial charge in [0.05, 0.1) is 29.8 Å². The molecule has 0 fully saturated rings. The number of amides is 1. The standard InChI is InChI=1S/C23H20ClN5O3/c1-28-18-11-12-29(23(30)15-8-4-6-10-19(15)31-2)13-16(18)20(27-28)22-26-25-21(32-22)14-7-3-5-9-17(14)24/h3-10H,11-13H2,1-2H3. The van der Waals surface area contributed by atoms with Gasteiger partial charge in [-0.2, -0.15) is 5.10 Å². The van der Waals surface area contributed by atoms with Gasteiger partial charge in [0.1, 0.15) is 5.75 Å². The summed E-state index contributed by atoms with van der Waals surface area (Å²) >= 11 is 6.27. The Kier molecular flexibility index (Phi) is 5.14. The zero-order valence-electron chi connectivity index (χ0n) is 17.6. The predicted octanol–water partition coefficient (Wildman–Crippen LogP) is 4.00. The van der Waals surface area contributed by atoms with Crippen LogP contribution in [0.4, 0.5) is 0 Å². The van der Waals surface area contributed by atoms with Gasteiger partial charge in [-0.15, -0.1) is 10.2 Å². The summed E-state index contributed by atoms with van der Waals surface area (Å²) in [6, 6.07) is 14.5. The highest BCUT2D eigenvalue weighted by atomic mass is 35.5. The van der Waals surface area contributed by atoms with E-state index in [4.69, 9.17) is 20.8 Å². The lowest BCUT2D eigenvalue weighted by molar-refractivity contribution is 0.0730. The maximum atomic E-state index is 13.2. The van der Waals surface area contributed by atoms with Crippen LogP contribution in [0.3, 0.4) is 0 Å². The summed E-state index contributed by atoms with van der Waals surface area (Å²) in [7, 11) is 3.44. The maximum Gasteiger partial charge on any atom is 0.268 e. The van der Waals surface area contributed by atoms with Crippen LogP contribution in [0.1, 0.15) is 21.6 Å². The van der Waals surface area contributed by atoms with Crippen molar-refractivity contribution in [1.82, 2.24) is 24.9 Å². The number of methoxy groups -OCH3 is 1. The Bertz CT molecular complexity index is 1310. The molecule has 4 aromatic rings. The number of ether oxygens (including phenoxy) is 1. The van der Waals surface area contributed by atoms with Crippen LogP contribution in [0.15, 0.2) is 52.9 Å². The molecule has 0 N–H and O–H groups in total. The Morgan fingerprint density at radius 2 is 1.84 bits per heavy atom. The summed E-state index contributed by atoms with van der Waals surface area (Å²) in [6.07, 6.45) is 0.672. The van der Waals surface area contributed by atoms with Crippen LogP contribution < -0.4 is 4.74 Å². The van der Waals surface area contributed by atoms with Crippen molar-refractivity contribution in [3.8, 4) is 28.8 Å². The monoisotopic (exact) mass is 449 g/mol. The van der Waals surface area contributed by atoms with Crippen molar-refractivity contribution in [3.05, 3.63) is 70.4 Å². The summed E-state index contributed by atoms with van der Waals surface area (Å²) in [6.45, 7) is 0.969. The molecule has 8 nitrogen and oxygen atoms in total. The fraction of sp³-hybridized carbons (Fsp3) is 0.217. The molecule has 1 amide bonds. The van der Waals surface area contributed by atoms with E-state index in [2.05, 4.69) is 15.3 Å². The van der Waals surface area contributed by atoms with Gasteiger partial charge in [-0.25, -0.2) is 0 Å². The van der Waals surface area contributed by atoms with E-state index in [1.54, 1.807) is 30.2 Å². The van der Waals surface area contributed by atoms with Gasteiger partial charge in [0, 0.05) is 31.3 Å². The van der Waals surface area contributed by atoms with Crippen molar-refractivity contribution in [2.24, 2.45) is 7.05 Å². The maximum absolute atomic E-state index is 13.2. The lowest BCUT2D eigenvalue weighted by atomic mass is 10.0. The molecule has 0 saturated heterocycles. The third kappa shape index (κ3) is 3.42. The predicted molar refractivity (Wildman–Crippen MR) is 118 cm³/mol. The van der Waals surface area contributed by atoms with Crippen molar-refractivity contribution >= 4 is 17.5 Å². The van der Waals surface area contributed by atoms with E-state index in [-0.39, 0.29) is 5.91 Å². The highest BCUT2D eigenvalue weighted by molar-refractivity contribution is 6.33. The first-order valence-corrected chi connectivity index (χ1v) is 10.5. The van der Waals surface area contributed by atoms with Crippen molar-refractivity contribution in [3.63, 3.8) is 0 Å². The minimum atomic E-state index is -0.0924. The molecular formula is C23H20ClN5O3. The van der Waals surface area contributed by atoms with Crippen LogP contribution in [0, 0.1) is 0 Å². The first kappa shape index (κ1) is 20.3. The van der Waals surface area contributed by atoms with E-state index in [1.807, 2.05) is 42.1 Å². The highest BCUT2D eigenvalue weighted by Gasteiger charge is 2.30. The van der Waals surface area contributed by atoms with Crippen LogP contribution in [-0.4, -0.2) is 44.4 Å². The number of hydrogen-bond acceptors (Lipinski definition) is 6. The van der Waals surface area contributed by atoms with Crippen LogP contribution in [0.2, 0.25) is 5.02 Å². The van der Waals surface area contributed by atoms with Gasteiger partial charge in [0.25, 0.3) is 11.8 Å². The smallest absolute Gasteiger partial charge is 0.268 e. The van der Waals surface area contributed by atoms with E-state index in [9.17, 15) is 4.79 Å². The molecule has 1 aliphatic rings. The van der Waals surface area contributed by atoms with Crippen LogP contribution in [-0.2, 0) is 20.0 Å². The molecule has 1 aliphatic heterocycles. The quantitative estimate of drug-likeness (QED) is 0.468. The minimum Gasteiger partial charge on any atom is -0.496 e. The third-order valence-electron chi connectivity index (χ3n) is 5.60. The molecule has 0 bridgehead atoms. The van der Waals surface area contributed by atoms with Crippen molar-refractivity contribution in [1.29, 1.82) is 0 Å². The number of benzene rings is 2. The average Bonchev–Trinajstić information content (AvgIpc) is 3.43. The van der Waals surface area contributed by atoms with Crippen molar-refractivity contribution in [2.75, 3.05) is 13.7 Å². The van der Waals surface area contributed by atoms with E-state index >= 15 is 0 Å². The normalized spacial score (nSPS) is 13.2. The fourth-order valence-corrected chi connectivity index (χ4v) is 4.21. The minimum absolute atomic E-state index is 0.0924. The van der Waals surface area contributed by atoms with Crippen molar-refractivity contribution in [2.45, 2.75) is 13.0 Å². The topological polar surface area (TPSA) is 86.3 Å². The van der Waals surface area contributed by atoms with E-state index in [0.29, 0.717) is 58.9 Å². The van der Waals surface area contributed by atoms with Gasteiger partial charge in [-0.1, -0.05) is 35.9 Å². The SMILES string of the molecule is COc1ccccc1C(=O)N1CCc2c(c(-c3nnc(-c4ccccc4Cl)o3)nn2C)C1. The second-order valence-electron chi connectivity index (χ2n) is 7.47. The molecule has 162 valence electrons. The first-order chi connectivity index (χ1) is 15.6. The number of carbonyl (C=O) groups is 1. The molecule has 0 radical (unpaired) electrons. The fourth-order valence-electron chi connectivity index (χ4n) is 3.99. The molecule has 9 heteroatoms. The number of rotatable bonds is 4. The number of fused-ring (bicyclic) bond motifs is 1. The third-order valence-corrected chi connectivity index (χ3v) is 5.93.